The van der Waals surface area contributed by atoms with Crippen molar-refractivity contribution in [2.24, 2.45) is 11.7 Å². The quantitative estimate of drug-likeness (QED) is 0.786. The van der Waals surface area contributed by atoms with Crippen molar-refractivity contribution in [3.05, 3.63) is 30.1 Å². The van der Waals surface area contributed by atoms with E-state index >= 15 is 0 Å². The predicted molar refractivity (Wildman–Crippen MR) is 63.6 cm³/mol. The van der Waals surface area contributed by atoms with Crippen molar-refractivity contribution in [2.75, 3.05) is 6.54 Å². The molecule has 0 saturated heterocycles. The Labute approximate surface area is 96.3 Å². The summed E-state index contributed by atoms with van der Waals surface area (Å²) in [5.41, 5.74) is 6.53. The molecular formula is C12H19N3O. The van der Waals surface area contributed by atoms with Crippen LogP contribution in [0.25, 0.3) is 0 Å². The molecule has 1 aromatic heterocycles. The van der Waals surface area contributed by atoms with Crippen LogP contribution in [-0.4, -0.2) is 17.4 Å². The van der Waals surface area contributed by atoms with Crippen LogP contribution in [0.1, 0.15) is 31.9 Å². The molecule has 2 atom stereocenters. The number of nitrogens with zero attached hydrogens (tertiary/aromatic N) is 1. The highest BCUT2D eigenvalue weighted by Gasteiger charge is 2.17. The maximum Gasteiger partial charge on any atom is 0.224 e. The van der Waals surface area contributed by atoms with Crippen LogP contribution in [0.2, 0.25) is 0 Å². The summed E-state index contributed by atoms with van der Waals surface area (Å²) in [7, 11) is 0. The third kappa shape index (κ3) is 3.31. The van der Waals surface area contributed by atoms with Gasteiger partial charge in [-0.1, -0.05) is 13.0 Å². The number of hydrogen-bond acceptors (Lipinski definition) is 3. The van der Waals surface area contributed by atoms with E-state index < -0.39 is 0 Å². The molecule has 1 aromatic rings. The highest BCUT2D eigenvalue weighted by atomic mass is 16.1. The van der Waals surface area contributed by atoms with E-state index in [1.807, 2.05) is 26.0 Å². The summed E-state index contributed by atoms with van der Waals surface area (Å²) in [6.07, 6.45) is 4.24. The standard InChI is InChI=1S/C12H19N3O/c1-3-10(7-13)12(16)15-9(2)11-5-4-6-14-8-11/h4-6,8-10H,3,7,13H2,1-2H3,(H,15,16)/t9-,10?/m0/s1. The summed E-state index contributed by atoms with van der Waals surface area (Å²) >= 11 is 0. The molecule has 0 fully saturated rings. The molecule has 0 aliphatic heterocycles. The summed E-state index contributed by atoms with van der Waals surface area (Å²) in [5.74, 6) is -0.0829. The van der Waals surface area contributed by atoms with Crippen molar-refractivity contribution in [1.82, 2.24) is 10.3 Å². The Morgan fingerprint density at radius 3 is 2.88 bits per heavy atom. The van der Waals surface area contributed by atoms with Gasteiger partial charge in [0.15, 0.2) is 0 Å². The Bertz CT molecular complexity index is 322. The lowest BCUT2D eigenvalue weighted by Crippen LogP contribution is -2.36. The molecular weight excluding hydrogens is 202 g/mol. The average molecular weight is 221 g/mol. The van der Waals surface area contributed by atoms with E-state index in [-0.39, 0.29) is 17.9 Å². The molecule has 4 heteroatoms. The summed E-state index contributed by atoms with van der Waals surface area (Å²) in [4.78, 5) is 15.8. The van der Waals surface area contributed by atoms with E-state index in [0.29, 0.717) is 6.54 Å². The monoisotopic (exact) mass is 221 g/mol. The number of pyridine rings is 1. The zero-order valence-corrected chi connectivity index (χ0v) is 9.81. The van der Waals surface area contributed by atoms with E-state index in [1.165, 1.54) is 0 Å². The van der Waals surface area contributed by atoms with Gasteiger partial charge in [-0.2, -0.15) is 0 Å². The third-order valence-corrected chi connectivity index (χ3v) is 2.69. The molecule has 4 nitrogen and oxygen atoms in total. The largest absolute Gasteiger partial charge is 0.349 e. The van der Waals surface area contributed by atoms with Crippen LogP contribution in [-0.2, 0) is 4.79 Å². The third-order valence-electron chi connectivity index (χ3n) is 2.69. The number of carbonyl (C=O) groups excluding carboxylic acids is 1. The molecule has 1 unspecified atom stereocenters. The fourth-order valence-electron chi connectivity index (χ4n) is 1.51. The first-order valence-electron chi connectivity index (χ1n) is 5.59. The minimum atomic E-state index is -0.0980. The molecule has 0 aliphatic carbocycles. The highest BCUT2D eigenvalue weighted by molar-refractivity contribution is 5.79. The fraction of sp³-hybridized carbons (Fsp3) is 0.500. The minimum absolute atomic E-state index is 0.0151. The minimum Gasteiger partial charge on any atom is -0.349 e. The van der Waals surface area contributed by atoms with E-state index in [1.54, 1.807) is 12.4 Å². The summed E-state index contributed by atoms with van der Waals surface area (Å²) in [6, 6.07) is 3.78. The maximum absolute atomic E-state index is 11.8. The Kier molecular flexibility index (Phi) is 4.92. The lowest BCUT2D eigenvalue weighted by molar-refractivity contribution is -0.125. The van der Waals surface area contributed by atoms with Crippen LogP contribution in [0.4, 0.5) is 0 Å². The molecule has 0 aliphatic rings. The van der Waals surface area contributed by atoms with Gasteiger partial charge in [0.05, 0.1) is 6.04 Å². The molecule has 1 heterocycles. The van der Waals surface area contributed by atoms with Crippen LogP contribution in [0.3, 0.4) is 0 Å². The zero-order chi connectivity index (χ0) is 12.0. The van der Waals surface area contributed by atoms with Crippen molar-refractivity contribution in [3.63, 3.8) is 0 Å². The summed E-state index contributed by atoms with van der Waals surface area (Å²) < 4.78 is 0. The smallest absolute Gasteiger partial charge is 0.224 e. The Hall–Kier alpha value is -1.42. The van der Waals surface area contributed by atoms with Crippen LogP contribution in [0.15, 0.2) is 24.5 Å². The first-order chi connectivity index (χ1) is 7.69. The van der Waals surface area contributed by atoms with E-state index in [2.05, 4.69) is 10.3 Å². The van der Waals surface area contributed by atoms with Crippen molar-refractivity contribution >= 4 is 5.91 Å². The van der Waals surface area contributed by atoms with Gasteiger partial charge >= 0.3 is 0 Å². The number of nitrogens with two attached hydrogens (primary N) is 1. The highest BCUT2D eigenvalue weighted by Crippen LogP contribution is 2.11. The average Bonchev–Trinajstić information content (AvgIpc) is 2.31. The lowest BCUT2D eigenvalue weighted by Gasteiger charge is -2.18. The second-order valence-corrected chi connectivity index (χ2v) is 3.86. The van der Waals surface area contributed by atoms with Gasteiger partial charge in [0.1, 0.15) is 0 Å². The molecule has 1 rings (SSSR count). The van der Waals surface area contributed by atoms with Crippen molar-refractivity contribution in [1.29, 1.82) is 0 Å². The van der Waals surface area contributed by atoms with Gasteiger partial charge in [-0.3, -0.25) is 9.78 Å². The van der Waals surface area contributed by atoms with Crippen LogP contribution in [0, 0.1) is 5.92 Å². The van der Waals surface area contributed by atoms with Crippen LogP contribution in [0.5, 0.6) is 0 Å². The van der Waals surface area contributed by atoms with E-state index in [4.69, 9.17) is 5.73 Å². The second kappa shape index (κ2) is 6.23. The number of rotatable bonds is 5. The van der Waals surface area contributed by atoms with Crippen molar-refractivity contribution in [3.8, 4) is 0 Å². The van der Waals surface area contributed by atoms with Gasteiger partial charge in [0.25, 0.3) is 0 Å². The Morgan fingerprint density at radius 1 is 1.62 bits per heavy atom. The number of amides is 1. The molecule has 16 heavy (non-hydrogen) atoms. The van der Waals surface area contributed by atoms with Crippen molar-refractivity contribution in [2.45, 2.75) is 26.3 Å². The van der Waals surface area contributed by atoms with Crippen LogP contribution >= 0.6 is 0 Å². The first kappa shape index (κ1) is 12.6. The van der Waals surface area contributed by atoms with Gasteiger partial charge < -0.3 is 11.1 Å². The predicted octanol–water partition coefficient (Wildman–Crippen LogP) is 1.24. The molecule has 0 radical (unpaired) electrons. The maximum atomic E-state index is 11.8. The zero-order valence-electron chi connectivity index (χ0n) is 9.81. The second-order valence-electron chi connectivity index (χ2n) is 3.86. The summed E-state index contributed by atoms with van der Waals surface area (Å²) in [5, 5.41) is 2.94. The topological polar surface area (TPSA) is 68.0 Å². The summed E-state index contributed by atoms with van der Waals surface area (Å²) in [6.45, 7) is 4.30. The molecule has 0 aromatic carbocycles. The molecule has 88 valence electrons. The first-order valence-corrected chi connectivity index (χ1v) is 5.59. The van der Waals surface area contributed by atoms with Gasteiger partial charge in [0.2, 0.25) is 5.91 Å². The number of hydrogen-bond donors (Lipinski definition) is 2. The molecule has 0 saturated carbocycles. The molecule has 1 amide bonds. The number of aromatic nitrogens is 1. The van der Waals surface area contributed by atoms with Gasteiger partial charge in [-0.05, 0) is 25.0 Å². The van der Waals surface area contributed by atoms with E-state index in [0.717, 1.165) is 12.0 Å². The fourth-order valence-corrected chi connectivity index (χ4v) is 1.51. The lowest BCUT2D eigenvalue weighted by atomic mass is 10.0. The van der Waals surface area contributed by atoms with Gasteiger partial charge in [0, 0.05) is 24.9 Å². The van der Waals surface area contributed by atoms with E-state index in [9.17, 15) is 4.79 Å². The van der Waals surface area contributed by atoms with Gasteiger partial charge in [-0.25, -0.2) is 0 Å². The van der Waals surface area contributed by atoms with Crippen molar-refractivity contribution < 1.29 is 4.79 Å². The Morgan fingerprint density at radius 2 is 2.38 bits per heavy atom. The SMILES string of the molecule is CCC(CN)C(=O)N[C@@H](C)c1cccnc1. The molecule has 0 bridgehead atoms. The molecule has 3 N–H and O–H groups in total. The Balaban J connectivity index is 2.58. The normalized spacial score (nSPS) is 14.2. The van der Waals surface area contributed by atoms with Crippen LogP contribution < -0.4 is 11.1 Å². The van der Waals surface area contributed by atoms with Gasteiger partial charge in [-0.15, -0.1) is 0 Å². The molecule has 0 spiro atoms. The number of nitrogens with one attached hydrogen (secondary N) is 1. The number of carbonyl (C=O) groups is 1.